The molecule has 0 saturated carbocycles. The molecule has 0 aromatic carbocycles. The van der Waals surface area contributed by atoms with Gasteiger partial charge < -0.3 is 0 Å². The summed E-state index contributed by atoms with van der Waals surface area (Å²) in [5.41, 5.74) is 0. The van der Waals surface area contributed by atoms with Gasteiger partial charge in [0.15, 0.2) is 0 Å². The second-order valence-electron chi connectivity index (χ2n) is 2.60. The van der Waals surface area contributed by atoms with Crippen molar-refractivity contribution in [2.45, 2.75) is 26.2 Å². The predicted octanol–water partition coefficient (Wildman–Crippen LogP) is 3.42. The van der Waals surface area contributed by atoms with Crippen molar-refractivity contribution in [1.29, 1.82) is 0 Å². The van der Waals surface area contributed by atoms with Gasteiger partial charge in [0.25, 0.3) is 0 Å². The quantitative estimate of drug-likeness (QED) is 0.796. The van der Waals surface area contributed by atoms with Gasteiger partial charge in [-0.25, -0.2) is 0 Å². The molecule has 1 aromatic heterocycles. The molecule has 1 rings (SSSR count). The number of rotatable bonds is 4. The van der Waals surface area contributed by atoms with Gasteiger partial charge in [-0.3, -0.25) is 4.79 Å². The minimum Gasteiger partial charge on any atom is -0.300 e. The molecule has 0 bridgehead atoms. The molecule has 0 aliphatic carbocycles. The third kappa shape index (κ3) is 3.07. The van der Waals surface area contributed by atoms with Crippen molar-refractivity contribution >= 4 is 33.0 Å². The number of thiophene rings is 1. The second-order valence-corrected chi connectivity index (χ2v) is 5.15. The van der Waals surface area contributed by atoms with Crippen LogP contribution in [0.25, 0.3) is 0 Å². The fourth-order valence-electron chi connectivity index (χ4n) is 0.926. The van der Waals surface area contributed by atoms with E-state index in [1.54, 1.807) is 11.3 Å². The molecule has 0 spiro atoms. The average Bonchev–Trinajstić information content (AvgIpc) is 2.47. The van der Waals surface area contributed by atoms with E-state index in [0.717, 1.165) is 10.2 Å². The Morgan fingerprint density at radius 2 is 2.33 bits per heavy atom. The number of hydrogen-bond acceptors (Lipinski definition) is 2. The van der Waals surface area contributed by atoms with Gasteiger partial charge in [-0.15, -0.1) is 11.3 Å². The number of aryl methyl sites for hydroxylation is 1. The van der Waals surface area contributed by atoms with Crippen LogP contribution in [0.2, 0.25) is 0 Å². The number of Topliss-reactive ketones (excluding diaryl/α,β-unsaturated/α-hetero) is 1. The van der Waals surface area contributed by atoms with Crippen LogP contribution in [0.5, 0.6) is 0 Å². The molecule has 0 unspecified atom stereocenters. The van der Waals surface area contributed by atoms with Crippen LogP contribution in [0.15, 0.2) is 15.9 Å². The van der Waals surface area contributed by atoms with Gasteiger partial charge in [0.05, 0.1) is 3.79 Å². The molecule has 0 fully saturated rings. The van der Waals surface area contributed by atoms with Crippen molar-refractivity contribution in [2.24, 2.45) is 0 Å². The lowest BCUT2D eigenvalue weighted by atomic mass is 10.1. The largest absolute Gasteiger partial charge is 0.300 e. The second kappa shape index (κ2) is 4.77. The van der Waals surface area contributed by atoms with Crippen LogP contribution in [-0.4, -0.2) is 5.78 Å². The van der Waals surface area contributed by atoms with E-state index in [9.17, 15) is 4.79 Å². The van der Waals surface area contributed by atoms with Crippen molar-refractivity contribution in [3.63, 3.8) is 0 Å². The highest BCUT2D eigenvalue weighted by Gasteiger charge is 2.01. The van der Waals surface area contributed by atoms with Crippen LogP contribution in [0.3, 0.4) is 0 Å². The molecular formula is C9H11BrOS. The maximum absolute atomic E-state index is 11.0. The fraction of sp³-hybridized carbons (Fsp3) is 0.444. The van der Waals surface area contributed by atoms with Gasteiger partial charge in [0.2, 0.25) is 0 Å². The Kier molecular flexibility index (Phi) is 3.95. The predicted molar refractivity (Wildman–Crippen MR) is 55.6 cm³/mol. The molecule has 1 aromatic rings. The number of ketones is 1. The van der Waals surface area contributed by atoms with Gasteiger partial charge in [0.1, 0.15) is 5.78 Å². The van der Waals surface area contributed by atoms with Crippen molar-refractivity contribution in [2.75, 3.05) is 0 Å². The van der Waals surface area contributed by atoms with E-state index < -0.39 is 0 Å². The Morgan fingerprint density at radius 1 is 1.58 bits per heavy atom. The van der Waals surface area contributed by atoms with Crippen LogP contribution in [0.1, 0.15) is 24.6 Å². The van der Waals surface area contributed by atoms with E-state index in [4.69, 9.17) is 0 Å². The zero-order chi connectivity index (χ0) is 8.97. The summed E-state index contributed by atoms with van der Waals surface area (Å²) >= 11 is 5.09. The first-order valence-electron chi connectivity index (χ1n) is 3.98. The first-order valence-corrected chi connectivity index (χ1v) is 5.59. The summed E-state index contributed by atoms with van der Waals surface area (Å²) in [6, 6.07) is 4.09. The minimum absolute atomic E-state index is 0.347. The summed E-state index contributed by atoms with van der Waals surface area (Å²) in [5, 5.41) is 0. The fourth-order valence-corrected chi connectivity index (χ4v) is 2.41. The molecule has 0 amide bonds. The molecule has 0 N–H and O–H groups in total. The van der Waals surface area contributed by atoms with E-state index >= 15 is 0 Å². The Balaban J connectivity index is 2.38. The van der Waals surface area contributed by atoms with Crippen molar-refractivity contribution < 1.29 is 4.79 Å². The third-order valence-electron chi connectivity index (χ3n) is 1.67. The van der Waals surface area contributed by atoms with Crippen LogP contribution >= 0.6 is 27.3 Å². The van der Waals surface area contributed by atoms with Gasteiger partial charge in [-0.05, 0) is 34.5 Å². The zero-order valence-corrected chi connectivity index (χ0v) is 9.37. The summed E-state index contributed by atoms with van der Waals surface area (Å²) in [7, 11) is 0. The van der Waals surface area contributed by atoms with Crippen molar-refractivity contribution in [1.82, 2.24) is 0 Å². The third-order valence-corrected chi connectivity index (χ3v) is 3.36. The van der Waals surface area contributed by atoms with E-state index in [2.05, 4.69) is 22.0 Å². The molecule has 0 aliphatic heterocycles. The Morgan fingerprint density at radius 3 is 2.83 bits per heavy atom. The van der Waals surface area contributed by atoms with Crippen LogP contribution in [0.4, 0.5) is 0 Å². The lowest BCUT2D eigenvalue weighted by molar-refractivity contribution is -0.118. The Bertz CT molecular complexity index is 267. The van der Waals surface area contributed by atoms with E-state index in [-0.39, 0.29) is 0 Å². The standard InChI is InChI=1S/C9H11BrOS/c1-2-7(11)3-4-8-5-6-9(10)12-8/h5-6H,2-4H2,1H3. The Labute approximate surface area is 84.9 Å². The molecule has 66 valence electrons. The van der Waals surface area contributed by atoms with Crippen molar-refractivity contribution in [3.8, 4) is 0 Å². The average molecular weight is 247 g/mol. The maximum atomic E-state index is 11.0. The monoisotopic (exact) mass is 246 g/mol. The van der Waals surface area contributed by atoms with Gasteiger partial charge in [-0.1, -0.05) is 6.92 Å². The van der Waals surface area contributed by atoms with Gasteiger partial charge >= 0.3 is 0 Å². The van der Waals surface area contributed by atoms with Gasteiger partial charge in [-0.2, -0.15) is 0 Å². The molecular weight excluding hydrogens is 236 g/mol. The SMILES string of the molecule is CCC(=O)CCc1ccc(Br)s1. The lowest BCUT2D eigenvalue weighted by Crippen LogP contribution is -1.95. The number of hydrogen-bond donors (Lipinski definition) is 0. The summed E-state index contributed by atoms with van der Waals surface area (Å²) in [4.78, 5) is 12.3. The number of carbonyl (C=O) groups is 1. The molecule has 0 saturated heterocycles. The minimum atomic E-state index is 0.347. The summed E-state index contributed by atoms with van der Waals surface area (Å²) in [6.07, 6.45) is 2.24. The smallest absolute Gasteiger partial charge is 0.132 e. The molecule has 3 heteroatoms. The molecule has 0 aliphatic rings. The Hall–Kier alpha value is -0.150. The van der Waals surface area contributed by atoms with Crippen LogP contribution < -0.4 is 0 Å². The highest BCUT2D eigenvalue weighted by molar-refractivity contribution is 9.11. The highest BCUT2D eigenvalue weighted by Crippen LogP contribution is 2.23. The molecule has 0 atom stereocenters. The summed E-state index contributed by atoms with van der Waals surface area (Å²) in [5.74, 6) is 0.347. The van der Waals surface area contributed by atoms with Crippen molar-refractivity contribution in [3.05, 3.63) is 20.8 Å². The molecule has 12 heavy (non-hydrogen) atoms. The molecule has 1 heterocycles. The van der Waals surface area contributed by atoms with Crippen LogP contribution in [-0.2, 0) is 11.2 Å². The van der Waals surface area contributed by atoms with Crippen LogP contribution in [0, 0.1) is 0 Å². The summed E-state index contributed by atoms with van der Waals surface area (Å²) in [6.45, 7) is 1.91. The highest BCUT2D eigenvalue weighted by atomic mass is 79.9. The first kappa shape index (κ1) is 9.93. The first-order chi connectivity index (χ1) is 5.72. The van der Waals surface area contributed by atoms with Gasteiger partial charge in [0, 0.05) is 17.7 Å². The topological polar surface area (TPSA) is 17.1 Å². The number of carbonyl (C=O) groups excluding carboxylic acids is 1. The maximum Gasteiger partial charge on any atom is 0.132 e. The zero-order valence-electron chi connectivity index (χ0n) is 6.97. The van der Waals surface area contributed by atoms with E-state index in [1.807, 2.05) is 13.0 Å². The molecule has 1 nitrogen and oxygen atoms in total. The lowest BCUT2D eigenvalue weighted by Gasteiger charge is -1.93. The number of halogens is 1. The normalized spacial score (nSPS) is 10.2. The van der Waals surface area contributed by atoms with E-state index in [1.165, 1.54) is 4.88 Å². The van der Waals surface area contributed by atoms with E-state index in [0.29, 0.717) is 18.6 Å². The summed E-state index contributed by atoms with van der Waals surface area (Å²) < 4.78 is 1.14. The molecule has 0 radical (unpaired) electrons.